The van der Waals surface area contributed by atoms with E-state index in [1.807, 2.05) is 17.0 Å². The van der Waals surface area contributed by atoms with Crippen molar-refractivity contribution in [3.8, 4) is 5.75 Å². The smallest absolute Gasteiger partial charge is 0.157 e. The quantitative estimate of drug-likeness (QED) is 0.860. The number of phenols is 1. The molecule has 0 saturated carbocycles. The van der Waals surface area contributed by atoms with Crippen LogP contribution in [0, 0.1) is 0 Å². The van der Waals surface area contributed by atoms with E-state index < -0.39 is 0 Å². The zero-order valence-electron chi connectivity index (χ0n) is 9.44. The second-order valence-corrected chi connectivity index (χ2v) is 4.65. The topological polar surface area (TPSA) is 35.8 Å². The molecule has 1 aromatic carbocycles. The van der Waals surface area contributed by atoms with Crippen molar-refractivity contribution in [2.75, 3.05) is 18.0 Å². The molecule has 1 aliphatic heterocycles. The van der Waals surface area contributed by atoms with Gasteiger partial charge in [-0.05, 0) is 23.6 Å². The first-order chi connectivity index (χ1) is 7.59. The summed E-state index contributed by atoms with van der Waals surface area (Å²) in [6.45, 7) is 5.77. The fourth-order valence-corrected chi connectivity index (χ4v) is 1.94. The molecule has 0 radical (unpaired) electrons. The highest BCUT2D eigenvalue weighted by atomic mass is 35.5. The van der Waals surface area contributed by atoms with Gasteiger partial charge in [0.15, 0.2) is 5.75 Å². The predicted molar refractivity (Wildman–Crippen MR) is 67.9 cm³/mol. The summed E-state index contributed by atoms with van der Waals surface area (Å²) in [5, 5.41) is 10.3. The van der Waals surface area contributed by atoms with Crippen LogP contribution < -0.4 is 4.90 Å². The molecule has 16 heavy (non-hydrogen) atoms. The summed E-state index contributed by atoms with van der Waals surface area (Å²) in [5.41, 5.74) is 1.87. The fourth-order valence-electron chi connectivity index (χ4n) is 1.72. The van der Waals surface area contributed by atoms with Crippen LogP contribution in [0.4, 0.5) is 5.69 Å². The minimum absolute atomic E-state index is 0.138. The van der Waals surface area contributed by atoms with E-state index in [1.165, 1.54) is 0 Å². The Kier molecular flexibility index (Phi) is 3.06. The molecule has 3 nitrogen and oxygen atoms in total. The number of phenolic OH excluding ortho intramolecular Hbond substituents is 1. The third kappa shape index (κ3) is 2.00. The minimum atomic E-state index is 0.138. The molecule has 1 heterocycles. The van der Waals surface area contributed by atoms with Crippen molar-refractivity contribution in [3.05, 3.63) is 22.7 Å². The SMILES string of the molecule is CC(C)c1cc(Cl)c(O)c(N2C=NCC2)c1. The van der Waals surface area contributed by atoms with Crippen LogP contribution in [0.5, 0.6) is 5.75 Å². The molecule has 0 unspecified atom stereocenters. The molecule has 0 aliphatic carbocycles. The highest BCUT2D eigenvalue weighted by Gasteiger charge is 2.16. The van der Waals surface area contributed by atoms with Gasteiger partial charge in [0.1, 0.15) is 0 Å². The lowest BCUT2D eigenvalue weighted by molar-refractivity contribution is 0.476. The molecule has 0 spiro atoms. The maximum atomic E-state index is 9.93. The molecule has 0 amide bonds. The molecule has 4 heteroatoms. The van der Waals surface area contributed by atoms with Gasteiger partial charge in [0.05, 0.1) is 23.6 Å². The summed E-state index contributed by atoms with van der Waals surface area (Å²) in [6.07, 6.45) is 1.75. The molecule has 0 aromatic heterocycles. The first-order valence-corrected chi connectivity index (χ1v) is 5.76. The van der Waals surface area contributed by atoms with E-state index in [0.717, 1.165) is 24.3 Å². The van der Waals surface area contributed by atoms with E-state index in [-0.39, 0.29) is 5.75 Å². The lowest BCUT2D eigenvalue weighted by Crippen LogP contribution is -2.18. The Labute approximate surface area is 100 Å². The van der Waals surface area contributed by atoms with Crippen LogP contribution in [0.1, 0.15) is 25.3 Å². The van der Waals surface area contributed by atoms with Gasteiger partial charge >= 0.3 is 0 Å². The van der Waals surface area contributed by atoms with E-state index >= 15 is 0 Å². The summed E-state index contributed by atoms with van der Waals surface area (Å²) in [6, 6.07) is 3.79. The molecule has 0 atom stereocenters. The van der Waals surface area contributed by atoms with Crippen molar-refractivity contribution >= 4 is 23.6 Å². The van der Waals surface area contributed by atoms with Gasteiger partial charge in [-0.15, -0.1) is 0 Å². The Morgan fingerprint density at radius 2 is 2.19 bits per heavy atom. The zero-order chi connectivity index (χ0) is 11.7. The Hall–Kier alpha value is -1.22. The predicted octanol–water partition coefficient (Wildman–Crippen LogP) is 3.02. The third-order valence-electron chi connectivity index (χ3n) is 2.73. The number of aromatic hydroxyl groups is 1. The average Bonchev–Trinajstić information content (AvgIpc) is 2.74. The number of halogens is 1. The van der Waals surface area contributed by atoms with E-state index in [1.54, 1.807) is 6.34 Å². The van der Waals surface area contributed by atoms with Gasteiger partial charge in [-0.3, -0.25) is 4.99 Å². The lowest BCUT2D eigenvalue weighted by Gasteiger charge is -2.18. The van der Waals surface area contributed by atoms with Gasteiger partial charge in [0, 0.05) is 6.54 Å². The van der Waals surface area contributed by atoms with Crippen LogP contribution in [0.3, 0.4) is 0 Å². The van der Waals surface area contributed by atoms with Crippen LogP contribution in [0.2, 0.25) is 5.02 Å². The molecule has 1 aromatic rings. The van der Waals surface area contributed by atoms with E-state index in [9.17, 15) is 5.11 Å². The molecule has 0 fully saturated rings. The summed E-state index contributed by atoms with van der Waals surface area (Å²) in [5.74, 6) is 0.524. The molecule has 1 N–H and O–H groups in total. The standard InChI is InChI=1S/C12H15ClN2O/c1-8(2)9-5-10(13)12(16)11(6-9)15-4-3-14-7-15/h5-8,16H,3-4H2,1-2H3. The first-order valence-electron chi connectivity index (χ1n) is 5.38. The second-order valence-electron chi connectivity index (χ2n) is 4.24. The van der Waals surface area contributed by atoms with Crippen molar-refractivity contribution < 1.29 is 5.11 Å². The number of hydrogen-bond donors (Lipinski definition) is 1. The lowest BCUT2D eigenvalue weighted by atomic mass is 10.0. The van der Waals surface area contributed by atoms with Gasteiger partial charge < -0.3 is 10.0 Å². The van der Waals surface area contributed by atoms with Crippen LogP contribution in [0.15, 0.2) is 17.1 Å². The average molecular weight is 239 g/mol. The molecule has 0 saturated heterocycles. The van der Waals surface area contributed by atoms with Crippen molar-refractivity contribution in [3.63, 3.8) is 0 Å². The summed E-state index contributed by atoms with van der Waals surface area (Å²) in [4.78, 5) is 6.06. The minimum Gasteiger partial charge on any atom is -0.504 e. The number of aliphatic imine (C=N–C) groups is 1. The Balaban J connectivity index is 2.46. The molecule has 2 rings (SSSR count). The summed E-state index contributed by atoms with van der Waals surface area (Å²) < 4.78 is 0. The van der Waals surface area contributed by atoms with Crippen molar-refractivity contribution in [1.29, 1.82) is 0 Å². The van der Waals surface area contributed by atoms with Gasteiger partial charge in [-0.2, -0.15) is 0 Å². The maximum Gasteiger partial charge on any atom is 0.157 e. The van der Waals surface area contributed by atoms with Gasteiger partial charge in [-0.1, -0.05) is 25.4 Å². The molecule has 1 aliphatic rings. The Bertz CT molecular complexity index is 429. The van der Waals surface area contributed by atoms with Crippen LogP contribution in [-0.2, 0) is 0 Å². The van der Waals surface area contributed by atoms with Gasteiger partial charge in [-0.25, -0.2) is 0 Å². The number of rotatable bonds is 2. The highest BCUT2D eigenvalue weighted by Crippen LogP contribution is 2.37. The normalized spacial score (nSPS) is 15.1. The highest BCUT2D eigenvalue weighted by molar-refractivity contribution is 6.32. The summed E-state index contributed by atoms with van der Waals surface area (Å²) in [7, 11) is 0. The van der Waals surface area contributed by atoms with Gasteiger partial charge in [0.2, 0.25) is 0 Å². The summed E-state index contributed by atoms with van der Waals surface area (Å²) >= 11 is 6.02. The van der Waals surface area contributed by atoms with Crippen LogP contribution >= 0.6 is 11.6 Å². The van der Waals surface area contributed by atoms with Gasteiger partial charge in [0.25, 0.3) is 0 Å². The first kappa shape index (κ1) is 11.3. The maximum absolute atomic E-state index is 9.93. The third-order valence-corrected chi connectivity index (χ3v) is 3.02. The van der Waals surface area contributed by atoms with Crippen LogP contribution in [-0.4, -0.2) is 24.5 Å². The second kappa shape index (κ2) is 4.34. The molecular formula is C12H15ClN2O. The zero-order valence-corrected chi connectivity index (χ0v) is 10.2. The fraction of sp³-hybridized carbons (Fsp3) is 0.417. The van der Waals surface area contributed by atoms with E-state index in [2.05, 4.69) is 18.8 Å². The monoisotopic (exact) mass is 238 g/mol. The Morgan fingerprint density at radius 3 is 2.75 bits per heavy atom. The molecule has 86 valence electrons. The van der Waals surface area contributed by atoms with Crippen molar-refractivity contribution in [1.82, 2.24) is 0 Å². The number of anilines is 1. The van der Waals surface area contributed by atoms with E-state index in [4.69, 9.17) is 11.6 Å². The Morgan fingerprint density at radius 1 is 1.44 bits per heavy atom. The largest absolute Gasteiger partial charge is 0.504 e. The van der Waals surface area contributed by atoms with Crippen LogP contribution in [0.25, 0.3) is 0 Å². The number of benzene rings is 1. The van der Waals surface area contributed by atoms with Crippen molar-refractivity contribution in [2.45, 2.75) is 19.8 Å². The van der Waals surface area contributed by atoms with Crippen molar-refractivity contribution in [2.24, 2.45) is 4.99 Å². The van der Waals surface area contributed by atoms with E-state index in [0.29, 0.717) is 10.9 Å². The molecular weight excluding hydrogens is 224 g/mol. The molecule has 0 bridgehead atoms. The number of hydrogen-bond acceptors (Lipinski definition) is 3. The number of nitrogens with zero attached hydrogens (tertiary/aromatic N) is 2.